The summed E-state index contributed by atoms with van der Waals surface area (Å²) in [4.78, 5) is 1.44. The molecule has 1 heterocycles. The van der Waals surface area contributed by atoms with Crippen molar-refractivity contribution in [3.8, 4) is 0 Å². The Morgan fingerprint density at radius 1 is 1.25 bits per heavy atom. The highest BCUT2D eigenvalue weighted by Crippen LogP contribution is 2.37. The lowest BCUT2D eigenvalue weighted by molar-refractivity contribution is 0.269. The first kappa shape index (κ1) is 13.8. The van der Waals surface area contributed by atoms with Crippen molar-refractivity contribution in [2.75, 3.05) is 0 Å². The van der Waals surface area contributed by atoms with Gasteiger partial charge in [-0.2, -0.15) is 0 Å². The van der Waals surface area contributed by atoms with Crippen LogP contribution in [0.3, 0.4) is 0 Å². The van der Waals surface area contributed by atoms with Crippen molar-refractivity contribution in [3.63, 3.8) is 0 Å². The molecule has 106 valence electrons. The molecule has 2 aromatic rings. The zero-order chi connectivity index (χ0) is 13.9. The van der Waals surface area contributed by atoms with Gasteiger partial charge in [0.25, 0.3) is 0 Å². The number of nitrogens with one attached hydrogen (secondary N) is 1. The van der Waals surface area contributed by atoms with Gasteiger partial charge in [-0.1, -0.05) is 18.2 Å². The van der Waals surface area contributed by atoms with Gasteiger partial charge in [-0.15, -0.1) is 11.3 Å². The third-order valence-corrected chi connectivity index (χ3v) is 4.99. The fraction of sp³-hybridized carbons (Fsp3) is 0.412. The molecule has 0 bridgehead atoms. The van der Waals surface area contributed by atoms with Crippen molar-refractivity contribution in [2.24, 2.45) is 0 Å². The first-order chi connectivity index (χ1) is 9.70. The van der Waals surface area contributed by atoms with E-state index >= 15 is 0 Å². The van der Waals surface area contributed by atoms with Gasteiger partial charge in [0, 0.05) is 17.0 Å². The topological polar surface area (TPSA) is 12.0 Å². The highest BCUT2D eigenvalue weighted by molar-refractivity contribution is 7.09. The van der Waals surface area contributed by atoms with Crippen molar-refractivity contribution in [3.05, 3.63) is 58.0 Å². The van der Waals surface area contributed by atoms with Gasteiger partial charge in [0.15, 0.2) is 0 Å². The second-order valence-corrected chi connectivity index (χ2v) is 6.80. The zero-order valence-electron chi connectivity index (χ0n) is 11.7. The molecule has 1 aliphatic rings. The smallest absolute Gasteiger partial charge is 0.123 e. The average Bonchev–Trinajstić information content (AvgIpc) is 2.87. The third kappa shape index (κ3) is 3.28. The summed E-state index contributed by atoms with van der Waals surface area (Å²) in [7, 11) is 0. The van der Waals surface area contributed by atoms with E-state index in [1.165, 1.54) is 23.3 Å². The highest BCUT2D eigenvalue weighted by atomic mass is 32.1. The molecule has 20 heavy (non-hydrogen) atoms. The van der Waals surface area contributed by atoms with E-state index < -0.39 is 0 Å². The monoisotopic (exact) mass is 289 g/mol. The quantitative estimate of drug-likeness (QED) is 0.862. The first-order valence-electron chi connectivity index (χ1n) is 7.24. The van der Waals surface area contributed by atoms with Crippen LogP contribution in [-0.4, -0.2) is 12.1 Å². The van der Waals surface area contributed by atoms with Crippen LogP contribution in [0.25, 0.3) is 0 Å². The first-order valence-corrected chi connectivity index (χ1v) is 8.12. The van der Waals surface area contributed by atoms with Crippen LogP contribution in [0.4, 0.5) is 4.39 Å². The number of benzene rings is 1. The van der Waals surface area contributed by atoms with Gasteiger partial charge in [-0.25, -0.2) is 4.39 Å². The second-order valence-electron chi connectivity index (χ2n) is 5.77. The van der Waals surface area contributed by atoms with Crippen LogP contribution in [0.1, 0.15) is 36.1 Å². The van der Waals surface area contributed by atoms with Crippen molar-refractivity contribution < 1.29 is 4.39 Å². The fourth-order valence-electron chi connectivity index (χ4n) is 2.95. The van der Waals surface area contributed by atoms with Crippen LogP contribution in [0.2, 0.25) is 0 Å². The predicted molar refractivity (Wildman–Crippen MR) is 82.8 cm³/mol. The summed E-state index contributed by atoms with van der Waals surface area (Å²) in [5, 5.41) is 5.83. The maximum Gasteiger partial charge on any atom is 0.123 e. The van der Waals surface area contributed by atoms with Crippen molar-refractivity contribution >= 4 is 11.3 Å². The SMILES string of the molecule is CC(Cc1cccs1)NC1CC(c2ccc(F)cc2)C1. The summed E-state index contributed by atoms with van der Waals surface area (Å²) in [6, 6.07) is 12.4. The summed E-state index contributed by atoms with van der Waals surface area (Å²) in [5.41, 5.74) is 1.27. The molecule has 1 fully saturated rings. The lowest BCUT2D eigenvalue weighted by Gasteiger charge is -2.38. The van der Waals surface area contributed by atoms with E-state index in [1.807, 2.05) is 23.5 Å². The minimum atomic E-state index is -0.146. The maximum atomic E-state index is 12.9. The molecular weight excluding hydrogens is 269 g/mol. The molecule has 3 heteroatoms. The molecule has 1 atom stereocenters. The molecule has 0 spiro atoms. The molecule has 1 N–H and O–H groups in total. The Morgan fingerprint density at radius 3 is 2.65 bits per heavy atom. The lowest BCUT2D eigenvalue weighted by Crippen LogP contribution is -2.45. The molecule has 1 saturated carbocycles. The molecule has 1 unspecified atom stereocenters. The Balaban J connectivity index is 1.45. The minimum Gasteiger partial charge on any atom is -0.311 e. The Morgan fingerprint density at radius 2 is 2.00 bits per heavy atom. The van der Waals surface area contributed by atoms with Crippen molar-refractivity contribution in [2.45, 2.75) is 44.2 Å². The molecule has 0 radical (unpaired) electrons. The van der Waals surface area contributed by atoms with Gasteiger partial charge in [0.1, 0.15) is 5.82 Å². The minimum absolute atomic E-state index is 0.146. The average molecular weight is 289 g/mol. The van der Waals surface area contributed by atoms with Crippen LogP contribution < -0.4 is 5.32 Å². The number of halogens is 1. The van der Waals surface area contributed by atoms with E-state index in [2.05, 4.69) is 29.8 Å². The fourth-order valence-corrected chi connectivity index (χ4v) is 3.79. The van der Waals surface area contributed by atoms with E-state index in [-0.39, 0.29) is 5.82 Å². The highest BCUT2D eigenvalue weighted by Gasteiger charge is 2.30. The van der Waals surface area contributed by atoms with E-state index in [9.17, 15) is 4.39 Å². The van der Waals surface area contributed by atoms with Gasteiger partial charge in [0.2, 0.25) is 0 Å². The van der Waals surface area contributed by atoms with Crippen LogP contribution in [0.15, 0.2) is 41.8 Å². The third-order valence-electron chi connectivity index (χ3n) is 4.09. The normalized spacial score (nSPS) is 23.3. The maximum absolute atomic E-state index is 12.9. The molecule has 1 aromatic carbocycles. The standard InChI is InChI=1S/C17H20FNS/c1-12(9-17-3-2-8-20-17)19-16-10-14(11-16)13-4-6-15(18)7-5-13/h2-8,12,14,16,19H,9-11H2,1H3. The van der Waals surface area contributed by atoms with E-state index in [0.717, 1.165) is 6.42 Å². The predicted octanol–water partition coefficient (Wildman–Crippen LogP) is 4.35. The Labute approximate surface area is 123 Å². The van der Waals surface area contributed by atoms with Crippen LogP contribution in [0, 0.1) is 5.82 Å². The summed E-state index contributed by atoms with van der Waals surface area (Å²) in [6.45, 7) is 2.25. The molecular formula is C17H20FNS. The zero-order valence-corrected chi connectivity index (χ0v) is 12.5. The van der Waals surface area contributed by atoms with Gasteiger partial charge in [0.05, 0.1) is 0 Å². The molecule has 1 aliphatic carbocycles. The number of hydrogen-bond donors (Lipinski definition) is 1. The molecule has 0 amide bonds. The number of hydrogen-bond acceptors (Lipinski definition) is 2. The molecule has 0 saturated heterocycles. The summed E-state index contributed by atoms with van der Waals surface area (Å²) in [6.07, 6.45) is 3.44. The molecule has 0 aliphatic heterocycles. The molecule has 1 aromatic heterocycles. The van der Waals surface area contributed by atoms with Crippen LogP contribution in [0.5, 0.6) is 0 Å². The summed E-state index contributed by atoms with van der Waals surface area (Å²) in [5.74, 6) is 0.453. The Kier molecular flexibility index (Phi) is 4.18. The Hall–Kier alpha value is -1.19. The van der Waals surface area contributed by atoms with Crippen molar-refractivity contribution in [1.82, 2.24) is 5.32 Å². The Bertz CT molecular complexity index is 529. The summed E-state index contributed by atoms with van der Waals surface area (Å²) >= 11 is 1.83. The second kappa shape index (κ2) is 6.06. The summed E-state index contributed by atoms with van der Waals surface area (Å²) < 4.78 is 12.9. The number of rotatable bonds is 5. The van der Waals surface area contributed by atoms with E-state index in [4.69, 9.17) is 0 Å². The number of thiophene rings is 1. The largest absolute Gasteiger partial charge is 0.311 e. The lowest BCUT2D eigenvalue weighted by atomic mass is 9.75. The van der Waals surface area contributed by atoms with Crippen molar-refractivity contribution in [1.29, 1.82) is 0 Å². The molecule has 3 rings (SSSR count). The van der Waals surface area contributed by atoms with E-state index in [1.54, 1.807) is 12.1 Å². The van der Waals surface area contributed by atoms with Crippen LogP contribution >= 0.6 is 11.3 Å². The van der Waals surface area contributed by atoms with Gasteiger partial charge >= 0.3 is 0 Å². The van der Waals surface area contributed by atoms with Gasteiger partial charge < -0.3 is 5.32 Å². The van der Waals surface area contributed by atoms with Gasteiger partial charge in [-0.3, -0.25) is 0 Å². The molecule has 1 nitrogen and oxygen atoms in total. The van der Waals surface area contributed by atoms with Crippen LogP contribution in [-0.2, 0) is 6.42 Å². The van der Waals surface area contributed by atoms with Gasteiger partial charge in [-0.05, 0) is 61.2 Å². The van der Waals surface area contributed by atoms with E-state index in [0.29, 0.717) is 18.0 Å².